The van der Waals surface area contributed by atoms with Crippen molar-refractivity contribution >= 4 is 34.5 Å². The number of carbonyl (C=O) groups is 2. The summed E-state index contributed by atoms with van der Waals surface area (Å²) in [6.07, 6.45) is -0.724. The van der Waals surface area contributed by atoms with Crippen molar-refractivity contribution in [1.29, 1.82) is 0 Å². The van der Waals surface area contributed by atoms with Gasteiger partial charge in [0.15, 0.2) is 0 Å². The van der Waals surface area contributed by atoms with E-state index in [1.54, 1.807) is 11.6 Å². The van der Waals surface area contributed by atoms with Gasteiger partial charge >= 0.3 is 6.09 Å². The van der Waals surface area contributed by atoms with Crippen LogP contribution in [0.25, 0.3) is 10.9 Å². The summed E-state index contributed by atoms with van der Waals surface area (Å²) in [4.78, 5) is 26.4. The van der Waals surface area contributed by atoms with E-state index >= 15 is 0 Å². The molecule has 128 valence electrons. The summed E-state index contributed by atoms with van der Waals surface area (Å²) in [5, 5.41) is 0.982. The zero-order valence-corrected chi connectivity index (χ0v) is 14.7. The Morgan fingerprint density at radius 3 is 2.40 bits per heavy atom. The van der Waals surface area contributed by atoms with Gasteiger partial charge in [0.1, 0.15) is 5.15 Å². The lowest BCUT2D eigenvalue weighted by molar-refractivity contribution is 0.0695. The lowest BCUT2D eigenvalue weighted by atomic mass is 10.1. The molecule has 3 rings (SSSR count). The van der Waals surface area contributed by atoms with Crippen molar-refractivity contribution < 1.29 is 14.3 Å². The van der Waals surface area contributed by atoms with Crippen LogP contribution in [0, 0.1) is 0 Å². The number of ether oxygens (including phenoxy) is 1. The summed E-state index contributed by atoms with van der Waals surface area (Å²) in [5.74, 6) is -0.488. The van der Waals surface area contributed by atoms with Crippen LogP contribution in [0.1, 0.15) is 15.9 Å². The van der Waals surface area contributed by atoms with E-state index < -0.39 is 12.0 Å². The molecule has 5 nitrogen and oxygen atoms in total. The van der Waals surface area contributed by atoms with Crippen LogP contribution in [0.5, 0.6) is 0 Å². The molecule has 0 aliphatic carbocycles. The average molecular weight is 357 g/mol. The second-order valence-corrected chi connectivity index (χ2v) is 5.95. The fraction of sp³-hybridized carbons (Fsp3) is 0.158. The van der Waals surface area contributed by atoms with E-state index in [2.05, 4.69) is 0 Å². The lowest BCUT2D eigenvalue weighted by Crippen LogP contribution is -2.36. The number of benzene rings is 2. The normalized spacial score (nSPS) is 10.7. The zero-order valence-electron chi connectivity index (χ0n) is 13.9. The number of methoxy groups -OCH3 is 1. The van der Waals surface area contributed by atoms with Gasteiger partial charge in [0.2, 0.25) is 0 Å². The standard InChI is InChI=1S/C19H17ClN2O3/c1-21-15-11-7-6-10-14(15)16(17(21)20)18(23)22(19(24)25-2)12-13-8-4-3-5-9-13/h3-11H,12H2,1-2H3. The van der Waals surface area contributed by atoms with E-state index in [1.807, 2.05) is 54.6 Å². The minimum atomic E-state index is -0.724. The first-order chi connectivity index (χ1) is 12.0. The number of rotatable bonds is 3. The van der Waals surface area contributed by atoms with Crippen molar-refractivity contribution in [1.82, 2.24) is 9.47 Å². The topological polar surface area (TPSA) is 51.5 Å². The molecule has 0 saturated heterocycles. The van der Waals surface area contributed by atoms with E-state index in [0.717, 1.165) is 16.0 Å². The third kappa shape index (κ3) is 3.10. The number of imide groups is 1. The molecule has 0 saturated carbocycles. The average Bonchev–Trinajstić information content (AvgIpc) is 2.90. The summed E-state index contributed by atoms with van der Waals surface area (Å²) < 4.78 is 6.53. The first-order valence-electron chi connectivity index (χ1n) is 7.71. The molecule has 0 aliphatic heterocycles. The number of aromatic nitrogens is 1. The van der Waals surface area contributed by atoms with Gasteiger partial charge in [0.25, 0.3) is 5.91 Å². The Kier molecular flexibility index (Phi) is 4.76. The molecule has 25 heavy (non-hydrogen) atoms. The highest BCUT2D eigenvalue weighted by molar-refractivity contribution is 6.36. The van der Waals surface area contributed by atoms with Crippen LogP contribution in [0.15, 0.2) is 54.6 Å². The van der Waals surface area contributed by atoms with Gasteiger partial charge < -0.3 is 9.30 Å². The van der Waals surface area contributed by atoms with Crippen LogP contribution in [0.2, 0.25) is 5.15 Å². The Morgan fingerprint density at radius 1 is 1.08 bits per heavy atom. The third-order valence-electron chi connectivity index (χ3n) is 4.07. The second-order valence-electron chi connectivity index (χ2n) is 5.59. The van der Waals surface area contributed by atoms with Crippen molar-refractivity contribution in [2.24, 2.45) is 7.05 Å². The Bertz CT molecular complexity index is 934. The van der Waals surface area contributed by atoms with Crippen molar-refractivity contribution in [2.45, 2.75) is 6.54 Å². The van der Waals surface area contributed by atoms with Crippen LogP contribution in [-0.2, 0) is 18.3 Å². The summed E-state index contributed by atoms with van der Waals surface area (Å²) in [6.45, 7) is 0.103. The molecule has 0 radical (unpaired) electrons. The first kappa shape index (κ1) is 17.0. The van der Waals surface area contributed by atoms with Crippen LogP contribution in [0.4, 0.5) is 4.79 Å². The maximum atomic E-state index is 13.1. The van der Waals surface area contributed by atoms with Crippen molar-refractivity contribution in [3.63, 3.8) is 0 Å². The maximum absolute atomic E-state index is 13.1. The molecule has 0 aliphatic rings. The van der Waals surface area contributed by atoms with Gasteiger partial charge in [-0.3, -0.25) is 4.79 Å². The molecule has 0 unspecified atom stereocenters. The molecule has 6 heteroatoms. The fourth-order valence-corrected chi connectivity index (χ4v) is 3.07. The predicted molar refractivity (Wildman–Crippen MR) is 96.6 cm³/mol. The molecule has 0 N–H and O–H groups in total. The molecule has 1 heterocycles. The molecule has 3 aromatic rings. The van der Waals surface area contributed by atoms with Crippen LogP contribution in [-0.4, -0.2) is 28.6 Å². The number of carbonyl (C=O) groups excluding carboxylic acids is 2. The Morgan fingerprint density at radius 2 is 1.72 bits per heavy atom. The summed E-state index contributed by atoms with van der Waals surface area (Å²) in [5.41, 5.74) is 1.93. The summed E-state index contributed by atoms with van der Waals surface area (Å²) >= 11 is 6.39. The number of hydrogen-bond acceptors (Lipinski definition) is 3. The van der Waals surface area contributed by atoms with Gasteiger partial charge in [0, 0.05) is 18.0 Å². The van der Waals surface area contributed by atoms with Crippen molar-refractivity contribution in [2.75, 3.05) is 7.11 Å². The Labute approximate surface area is 150 Å². The van der Waals surface area contributed by atoms with Gasteiger partial charge in [-0.1, -0.05) is 60.1 Å². The van der Waals surface area contributed by atoms with Gasteiger partial charge in [-0.15, -0.1) is 0 Å². The van der Waals surface area contributed by atoms with E-state index in [4.69, 9.17) is 16.3 Å². The number of halogens is 1. The fourth-order valence-electron chi connectivity index (χ4n) is 2.80. The summed E-state index contributed by atoms with van der Waals surface area (Å²) in [7, 11) is 3.03. The van der Waals surface area contributed by atoms with Crippen molar-refractivity contribution in [3.05, 3.63) is 70.9 Å². The monoisotopic (exact) mass is 356 g/mol. The zero-order chi connectivity index (χ0) is 18.0. The number of hydrogen-bond donors (Lipinski definition) is 0. The molecule has 1 aromatic heterocycles. The third-order valence-corrected chi connectivity index (χ3v) is 4.52. The molecule has 2 aromatic carbocycles. The van der Waals surface area contributed by atoms with Crippen molar-refractivity contribution in [3.8, 4) is 0 Å². The Balaban J connectivity index is 2.07. The van der Waals surface area contributed by atoms with E-state index in [1.165, 1.54) is 7.11 Å². The number of aryl methyl sites for hydroxylation is 1. The summed E-state index contributed by atoms with van der Waals surface area (Å²) in [6, 6.07) is 16.6. The Hall–Kier alpha value is -2.79. The number of amides is 2. The largest absolute Gasteiger partial charge is 0.452 e. The molecule has 2 amide bonds. The van der Waals surface area contributed by atoms with Crippen LogP contribution >= 0.6 is 11.6 Å². The number of nitrogens with zero attached hydrogens (tertiary/aromatic N) is 2. The highest BCUT2D eigenvalue weighted by atomic mass is 35.5. The van der Waals surface area contributed by atoms with E-state index in [-0.39, 0.29) is 11.7 Å². The predicted octanol–water partition coefficient (Wildman–Crippen LogP) is 4.24. The quantitative estimate of drug-likeness (QED) is 0.705. The highest BCUT2D eigenvalue weighted by Crippen LogP contribution is 2.30. The van der Waals surface area contributed by atoms with Gasteiger partial charge in [-0.25, -0.2) is 9.69 Å². The minimum absolute atomic E-state index is 0.103. The smallest absolute Gasteiger partial charge is 0.416 e. The van der Waals surface area contributed by atoms with Crippen LogP contribution in [0.3, 0.4) is 0 Å². The maximum Gasteiger partial charge on any atom is 0.416 e. The van der Waals surface area contributed by atoms with Gasteiger partial charge in [-0.2, -0.15) is 0 Å². The molecular formula is C19H17ClN2O3. The SMILES string of the molecule is COC(=O)N(Cc1ccccc1)C(=O)c1c(Cl)n(C)c2ccccc12. The van der Waals surface area contributed by atoms with Crippen LogP contribution < -0.4 is 0 Å². The molecule has 0 fully saturated rings. The van der Waals surface area contributed by atoms with E-state index in [0.29, 0.717) is 10.9 Å². The van der Waals surface area contributed by atoms with Gasteiger partial charge in [-0.05, 0) is 11.6 Å². The van der Waals surface area contributed by atoms with Gasteiger partial charge in [0.05, 0.1) is 19.2 Å². The number of para-hydroxylation sites is 1. The second kappa shape index (κ2) is 6.99. The lowest BCUT2D eigenvalue weighted by Gasteiger charge is -2.19. The first-order valence-corrected chi connectivity index (χ1v) is 8.09. The highest BCUT2D eigenvalue weighted by Gasteiger charge is 2.29. The molecular weight excluding hydrogens is 340 g/mol. The number of fused-ring (bicyclic) bond motifs is 1. The molecule has 0 spiro atoms. The van der Waals surface area contributed by atoms with E-state index in [9.17, 15) is 9.59 Å². The minimum Gasteiger partial charge on any atom is -0.452 e. The molecule has 0 atom stereocenters. The molecule has 0 bridgehead atoms.